The van der Waals surface area contributed by atoms with Crippen LogP contribution < -0.4 is 0 Å². The fraction of sp³-hybridized carbons (Fsp3) is 0.526. The van der Waals surface area contributed by atoms with Crippen molar-refractivity contribution in [2.75, 3.05) is 0 Å². The molecule has 0 spiro atoms. The van der Waals surface area contributed by atoms with Crippen LogP contribution in [0.2, 0.25) is 0 Å². The van der Waals surface area contributed by atoms with Gasteiger partial charge in [0.15, 0.2) is 0 Å². The maximum absolute atomic E-state index is 11.1. The van der Waals surface area contributed by atoms with Crippen molar-refractivity contribution in [3.63, 3.8) is 0 Å². The zero-order valence-corrected chi connectivity index (χ0v) is 13.6. The Labute approximate surface area is 131 Å². The summed E-state index contributed by atoms with van der Waals surface area (Å²) in [6.45, 7) is 6.45. The molecule has 2 aliphatic carbocycles. The second-order valence-corrected chi connectivity index (χ2v) is 7.71. The van der Waals surface area contributed by atoms with Gasteiger partial charge in [-0.05, 0) is 61.0 Å². The molecule has 2 N–H and O–H groups in total. The van der Waals surface area contributed by atoms with Gasteiger partial charge in [-0.1, -0.05) is 32.0 Å². The highest BCUT2D eigenvalue weighted by atomic mass is 16.4. The van der Waals surface area contributed by atoms with Crippen LogP contribution in [0, 0.1) is 22.7 Å². The minimum absolute atomic E-state index is 0.424. The molecule has 2 aliphatic rings. The van der Waals surface area contributed by atoms with E-state index < -0.39 is 11.4 Å². The number of rotatable bonds is 1. The molecular weight excluding hydrogens is 274 g/mol. The maximum atomic E-state index is 11.1. The Kier molecular flexibility index (Phi) is 3.54. The molecule has 3 atom stereocenters. The van der Waals surface area contributed by atoms with Gasteiger partial charge < -0.3 is 10.1 Å². The number of H-pyrrole nitrogens is 1. The van der Waals surface area contributed by atoms with Crippen molar-refractivity contribution in [2.45, 2.75) is 40.0 Å². The number of carbonyl (C=O) groups is 1. The normalized spacial score (nSPS) is 31.8. The summed E-state index contributed by atoms with van der Waals surface area (Å²) in [6, 6.07) is 10.3. The number of fused-ring (bicyclic) bond motifs is 2. The minimum Gasteiger partial charge on any atom is -0.481 e. The molecule has 3 unspecified atom stereocenters. The largest absolute Gasteiger partial charge is 0.481 e. The van der Waals surface area contributed by atoms with Crippen LogP contribution in [-0.4, -0.2) is 16.1 Å². The Morgan fingerprint density at radius 2 is 1.91 bits per heavy atom. The van der Waals surface area contributed by atoms with Crippen molar-refractivity contribution in [3.05, 3.63) is 36.5 Å². The van der Waals surface area contributed by atoms with Gasteiger partial charge in [0.05, 0.1) is 5.41 Å². The lowest BCUT2D eigenvalue weighted by molar-refractivity contribution is -0.150. The van der Waals surface area contributed by atoms with E-state index in [-0.39, 0.29) is 0 Å². The van der Waals surface area contributed by atoms with Gasteiger partial charge in [-0.3, -0.25) is 4.79 Å². The first-order chi connectivity index (χ1) is 10.3. The highest BCUT2D eigenvalue weighted by Crippen LogP contribution is 2.67. The fourth-order valence-corrected chi connectivity index (χ4v) is 4.09. The highest BCUT2D eigenvalue weighted by molar-refractivity contribution is 5.78. The molecule has 0 bridgehead atoms. The Bertz CT molecular complexity index is 657. The second-order valence-electron chi connectivity index (χ2n) is 7.71. The molecule has 0 aliphatic heterocycles. The zero-order chi connectivity index (χ0) is 16.0. The van der Waals surface area contributed by atoms with Gasteiger partial charge in [-0.25, -0.2) is 0 Å². The number of benzene rings is 1. The predicted octanol–water partition coefficient (Wildman–Crippen LogP) is 4.70. The van der Waals surface area contributed by atoms with Crippen LogP contribution in [-0.2, 0) is 4.79 Å². The lowest BCUT2D eigenvalue weighted by atomic mass is 9.76. The first-order valence-electron chi connectivity index (χ1n) is 8.10. The summed E-state index contributed by atoms with van der Waals surface area (Å²) in [6.07, 6.45) is 4.82. The lowest BCUT2D eigenvalue weighted by Crippen LogP contribution is -2.30. The van der Waals surface area contributed by atoms with Gasteiger partial charge in [0.2, 0.25) is 0 Å². The number of carboxylic acids is 1. The van der Waals surface area contributed by atoms with Crippen LogP contribution in [0.25, 0.3) is 10.9 Å². The first-order valence-corrected chi connectivity index (χ1v) is 8.10. The van der Waals surface area contributed by atoms with E-state index in [9.17, 15) is 4.79 Å². The van der Waals surface area contributed by atoms with Crippen LogP contribution in [0.1, 0.15) is 40.0 Å². The van der Waals surface area contributed by atoms with Crippen LogP contribution in [0.4, 0.5) is 0 Å². The van der Waals surface area contributed by atoms with Gasteiger partial charge in [0.25, 0.3) is 0 Å². The SMILES string of the molecule is CC1(C(=O)O)CCC2C(C1)C2(C)C.c1ccc2[nH]ccc2c1. The second kappa shape index (κ2) is 5.15. The molecule has 2 fully saturated rings. The first kappa shape index (κ1) is 15.1. The van der Waals surface area contributed by atoms with Crippen LogP contribution in [0.3, 0.4) is 0 Å². The number of para-hydroxylation sites is 1. The number of hydrogen-bond acceptors (Lipinski definition) is 1. The summed E-state index contributed by atoms with van der Waals surface area (Å²) >= 11 is 0. The molecule has 0 amide bonds. The average molecular weight is 299 g/mol. The van der Waals surface area contributed by atoms with Crippen LogP contribution in [0.5, 0.6) is 0 Å². The minimum atomic E-state index is -0.603. The molecular formula is C19H25NO2. The molecule has 3 nitrogen and oxygen atoms in total. The van der Waals surface area contributed by atoms with E-state index in [4.69, 9.17) is 5.11 Å². The van der Waals surface area contributed by atoms with E-state index >= 15 is 0 Å². The summed E-state index contributed by atoms with van der Waals surface area (Å²) in [4.78, 5) is 14.2. The van der Waals surface area contributed by atoms with Gasteiger partial charge in [0.1, 0.15) is 0 Å². The van der Waals surface area contributed by atoms with Crippen LogP contribution >= 0.6 is 0 Å². The number of aromatic nitrogens is 1. The Morgan fingerprint density at radius 1 is 1.18 bits per heavy atom. The molecule has 1 aromatic heterocycles. The molecule has 3 heteroatoms. The topological polar surface area (TPSA) is 53.1 Å². The Hall–Kier alpha value is -1.77. The third-order valence-corrected chi connectivity index (χ3v) is 5.94. The van der Waals surface area contributed by atoms with Crippen molar-refractivity contribution < 1.29 is 9.90 Å². The van der Waals surface area contributed by atoms with Crippen LogP contribution in [0.15, 0.2) is 36.5 Å². The van der Waals surface area contributed by atoms with E-state index in [1.165, 1.54) is 10.9 Å². The summed E-state index contributed by atoms with van der Waals surface area (Å²) in [5, 5.41) is 10.4. The summed E-state index contributed by atoms with van der Waals surface area (Å²) in [5.41, 5.74) is 1.19. The van der Waals surface area contributed by atoms with Crippen molar-refractivity contribution in [2.24, 2.45) is 22.7 Å². The smallest absolute Gasteiger partial charge is 0.309 e. The molecule has 2 aromatic rings. The fourth-order valence-electron chi connectivity index (χ4n) is 4.09. The van der Waals surface area contributed by atoms with E-state index in [2.05, 4.69) is 37.0 Å². The summed E-state index contributed by atoms with van der Waals surface area (Å²) in [5.74, 6) is 0.871. The van der Waals surface area contributed by atoms with E-state index in [0.29, 0.717) is 11.3 Å². The van der Waals surface area contributed by atoms with Crippen molar-refractivity contribution in [3.8, 4) is 0 Å². The van der Waals surface area contributed by atoms with E-state index in [1.54, 1.807) is 0 Å². The molecule has 1 heterocycles. The van der Waals surface area contributed by atoms with Crippen molar-refractivity contribution >= 4 is 16.9 Å². The van der Waals surface area contributed by atoms with E-state index in [0.717, 1.165) is 25.2 Å². The highest BCUT2D eigenvalue weighted by Gasteiger charge is 2.62. The molecule has 22 heavy (non-hydrogen) atoms. The monoisotopic (exact) mass is 299 g/mol. The predicted molar refractivity (Wildman–Crippen MR) is 88.7 cm³/mol. The number of nitrogens with one attached hydrogen (secondary N) is 1. The molecule has 118 valence electrons. The van der Waals surface area contributed by atoms with Gasteiger partial charge >= 0.3 is 5.97 Å². The Balaban J connectivity index is 0.000000139. The Morgan fingerprint density at radius 3 is 2.55 bits per heavy atom. The molecule has 2 saturated carbocycles. The lowest BCUT2D eigenvalue weighted by Gasteiger charge is -2.28. The maximum Gasteiger partial charge on any atom is 0.309 e. The quantitative estimate of drug-likeness (QED) is 0.801. The number of aliphatic carboxylic acids is 1. The molecule has 0 radical (unpaired) electrons. The molecule has 4 rings (SSSR count). The van der Waals surface area contributed by atoms with E-state index in [1.807, 2.05) is 25.3 Å². The molecule has 1 aromatic carbocycles. The molecule has 0 saturated heterocycles. The van der Waals surface area contributed by atoms with Gasteiger partial charge in [-0.15, -0.1) is 0 Å². The number of aromatic amines is 1. The van der Waals surface area contributed by atoms with Gasteiger partial charge in [-0.2, -0.15) is 0 Å². The third kappa shape index (κ3) is 2.53. The summed E-state index contributed by atoms with van der Waals surface area (Å²) < 4.78 is 0. The standard InChI is InChI=1S/C11H18O2.C8H7N/c1-10(2)7-4-5-11(3,9(12)13)6-8(7)10;1-2-4-8-7(3-1)5-6-9-8/h7-8H,4-6H2,1-3H3,(H,12,13);1-6,9H. The van der Waals surface area contributed by atoms with Crippen molar-refractivity contribution in [1.82, 2.24) is 4.98 Å². The number of carboxylic acid groups (broad SMARTS) is 1. The van der Waals surface area contributed by atoms with Crippen molar-refractivity contribution in [1.29, 1.82) is 0 Å². The average Bonchev–Trinajstić information content (AvgIpc) is 2.86. The van der Waals surface area contributed by atoms with Gasteiger partial charge in [0, 0.05) is 11.7 Å². The third-order valence-electron chi connectivity index (χ3n) is 5.94. The summed E-state index contributed by atoms with van der Waals surface area (Å²) in [7, 11) is 0. The number of hydrogen-bond donors (Lipinski definition) is 2. The zero-order valence-electron chi connectivity index (χ0n) is 13.6.